The minimum Gasteiger partial charge on any atom is -0.494 e. The van der Waals surface area contributed by atoms with E-state index in [4.69, 9.17) is 4.74 Å². The van der Waals surface area contributed by atoms with Gasteiger partial charge in [0.1, 0.15) is 5.75 Å². The summed E-state index contributed by atoms with van der Waals surface area (Å²) in [7, 11) is 0. The number of hydrogen-bond donors (Lipinski definition) is 2. The second-order valence-corrected chi connectivity index (χ2v) is 5.71. The Kier molecular flexibility index (Phi) is 6.27. The van der Waals surface area contributed by atoms with Crippen molar-refractivity contribution in [1.82, 2.24) is 5.32 Å². The Bertz CT molecular complexity index is 617. The van der Waals surface area contributed by atoms with Gasteiger partial charge < -0.3 is 15.4 Å². The van der Waals surface area contributed by atoms with Crippen molar-refractivity contribution in [2.75, 3.05) is 18.5 Å². The third-order valence-corrected chi connectivity index (χ3v) is 3.92. The Morgan fingerprint density at radius 1 is 1.18 bits per heavy atom. The molecule has 2 aromatic carbocycles. The molecule has 0 bridgehead atoms. The number of halogens is 1. The maximum Gasteiger partial charge on any atom is 0.319 e. The highest BCUT2D eigenvalue weighted by Gasteiger charge is 2.02. The van der Waals surface area contributed by atoms with Gasteiger partial charge in [-0.1, -0.05) is 34.1 Å². The molecule has 0 heterocycles. The topological polar surface area (TPSA) is 50.4 Å². The number of aryl methyl sites for hydroxylation is 1. The minimum absolute atomic E-state index is 0.207. The summed E-state index contributed by atoms with van der Waals surface area (Å²) in [6.45, 7) is 3.12. The molecule has 0 saturated heterocycles. The van der Waals surface area contributed by atoms with Gasteiger partial charge in [-0.05, 0) is 49.2 Å². The van der Waals surface area contributed by atoms with Crippen LogP contribution in [-0.2, 0) is 0 Å². The lowest BCUT2D eigenvalue weighted by Gasteiger charge is -2.09. The first kappa shape index (κ1) is 16.4. The molecule has 0 fully saturated rings. The van der Waals surface area contributed by atoms with Crippen LogP contribution in [0.2, 0.25) is 0 Å². The Morgan fingerprint density at radius 2 is 1.95 bits per heavy atom. The molecule has 0 aliphatic heterocycles. The van der Waals surface area contributed by atoms with Crippen LogP contribution in [0.5, 0.6) is 5.75 Å². The van der Waals surface area contributed by atoms with Crippen LogP contribution in [0.4, 0.5) is 10.5 Å². The SMILES string of the molecule is Cc1cc(NC(=O)NCCCOc2ccccc2)ccc1Br. The second kappa shape index (κ2) is 8.44. The van der Waals surface area contributed by atoms with Crippen molar-refractivity contribution in [2.24, 2.45) is 0 Å². The molecular formula is C17H19BrN2O2. The molecule has 0 atom stereocenters. The van der Waals surface area contributed by atoms with Gasteiger partial charge in [-0.2, -0.15) is 0 Å². The van der Waals surface area contributed by atoms with Gasteiger partial charge >= 0.3 is 6.03 Å². The highest BCUT2D eigenvalue weighted by Crippen LogP contribution is 2.19. The number of benzene rings is 2. The fourth-order valence-electron chi connectivity index (χ4n) is 1.88. The second-order valence-electron chi connectivity index (χ2n) is 4.86. The molecule has 0 radical (unpaired) electrons. The van der Waals surface area contributed by atoms with Gasteiger partial charge in [-0.3, -0.25) is 0 Å². The Labute approximate surface area is 139 Å². The van der Waals surface area contributed by atoms with Crippen molar-refractivity contribution >= 4 is 27.6 Å². The smallest absolute Gasteiger partial charge is 0.319 e. The van der Waals surface area contributed by atoms with Crippen LogP contribution in [-0.4, -0.2) is 19.2 Å². The van der Waals surface area contributed by atoms with E-state index in [0.29, 0.717) is 13.2 Å². The molecule has 4 nitrogen and oxygen atoms in total. The Balaban J connectivity index is 1.64. The standard InChI is InChI=1S/C17H19BrN2O2/c1-13-12-14(8-9-16(13)18)20-17(21)19-10-5-11-22-15-6-3-2-4-7-15/h2-4,6-9,12H,5,10-11H2,1H3,(H2,19,20,21). The predicted molar refractivity (Wildman–Crippen MR) is 92.5 cm³/mol. The zero-order valence-electron chi connectivity index (χ0n) is 12.4. The van der Waals surface area contributed by atoms with Gasteiger partial charge in [0, 0.05) is 16.7 Å². The number of amides is 2. The van der Waals surface area contributed by atoms with Crippen LogP contribution in [0.15, 0.2) is 53.0 Å². The zero-order chi connectivity index (χ0) is 15.8. The summed E-state index contributed by atoms with van der Waals surface area (Å²) in [6, 6.07) is 15.1. The van der Waals surface area contributed by atoms with E-state index in [1.165, 1.54) is 0 Å². The van der Waals surface area contributed by atoms with Crippen molar-refractivity contribution in [3.63, 3.8) is 0 Å². The van der Waals surface area contributed by atoms with E-state index in [-0.39, 0.29) is 6.03 Å². The quantitative estimate of drug-likeness (QED) is 0.750. The molecule has 116 valence electrons. The monoisotopic (exact) mass is 362 g/mol. The number of nitrogens with one attached hydrogen (secondary N) is 2. The summed E-state index contributed by atoms with van der Waals surface area (Å²) in [5.74, 6) is 0.845. The first-order valence-corrected chi connectivity index (χ1v) is 7.93. The van der Waals surface area contributed by atoms with Crippen LogP contribution < -0.4 is 15.4 Å². The number of carbonyl (C=O) groups is 1. The van der Waals surface area contributed by atoms with Crippen LogP contribution >= 0.6 is 15.9 Å². The first-order valence-electron chi connectivity index (χ1n) is 7.14. The molecule has 0 unspecified atom stereocenters. The van der Waals surface area contributed by atoms with E-state index in [9.17, 15) is 4.79 Å². The minimum atomic E-state index is -0.207. The van der Waals surface area contributed by atoms with Gasteiger partial charge in [0.05, 0.1) is 6.61 Å². The molecule has 0 aliphatic carbocycles. The van der Waals surface area contributed by atoms with Gasteiger partial charge in [0.15, 0.2) is 0 Å². The molecule has 2 aromatic rings. The zero-order valence-corrected chi connectivity index (χ0v) is 14.0. The van der Waals surface area contributed by atoms with E-state index in [1.807, 2.05) is 55.5 Å². The van der Waals surface area contributed by atoms with Crippen molar-refractivity contribution in [1.29, 1.82) is 0 Å². The number of para-hydroxylation sites is 1. The van der Waals surface area contributed by atoms with E-state index in [1.54, 1.807) is 0 Å². The number of hydrogen-bond acceptors (Lipinski definition) is 2. The summed E-state index contributed by atoms with van der Waals surface area (Å²) in [5, 5.41) is 5.62. The molecular weight excluding hydrogens is 344 g/mol. The summed E-state index contributed by atoms with van der Waals surface area (Å²) in [6.07, 6.45) is 0.752. The molecule has 0 spiro atoms. The van der Waals surface area contributed by atoms with Gasteiger partial charge in [-0.25, -0.2) is 4.79 Å². The fourth-order valence-corrected chi connectivity index (χ4v) is 2.13. The molecule has 0 aromatic heterocycles. The number of carbonyl (C=O) groups excluding carboxylic acids is 1. The Hall–Kier alpha value is -2.01. The van der Waals surface area contributed by atoms with Gasteiger partial charge in [0.2, 0.25) is 0 Å². The third kappa shape index (κ3) is 5.41. The third-order valence-electron chi connectivity index (χ3n) is 3.03. The first-order chi connectivity index (χ1) is 10.6. The highest BCUT2D eigenvalue weighted by molar-refractivity contribution is 9.10. The molecule has 0 saturated carbocycles. The normalized spacial score (nSPS) is 10.1. The number of anilines is 1. The van der Waals surface area contributed by atoms with Crippen molar-refractivity contribution in [3.8, 4) is 5.75 Å². The largest absolute Gasteiger partial charge is 0.494 e. The predicted octanol–water partition coefficient (Wildman–Crippen LogP) is 4.35. The molecule has 0 aliphatic rings. The number of urea groups is 1. The van der Waals surface area contributed by atoms with Gasteiger partial charge in [0.25, 0.3) is 0 Å². The summed E-state index contributed by atoms with van der Waals surface area (Å²) in [5.41, 5.74) is 1.85. The molecule has 2 amide bonds. The summed E-state index contributed by atoms with van der Waals surface area (Å²) < 4.78 is 6.58. The van der Waals surface area contributed by atoms with Crippen LogP contribution in [0.25, 0.3) is 0 Å². The highest BCUT2D eigenvalue weighted by atomic mass is 79.9. The molecule has 5 heteroatoms. The van der Waals surface area contributed by atoms with E-state index >= 15 is 0 Å². The van der Waals surface area contributed by atoms with E-state index in [2.05, 4.69) is 26.6 Å². The van der Waals surface area contributed by atoms with E-state index in [0.717, 1.165) is 27.9 Å². The lowest BCUT2D eigenvalue weighted by molar-refractivity contribution is 0.250. The van der Waals surface area contributed by atoms with Crippen LogP contribution in [0.3, 0.4) is 0 Å². The summed E-state index contributed by atoms with van der Waals surface area (Å²) >= 11 is 3.43. The maximum absolute atomic E-state index is 11.8. The van der Waals surface area contributed by atoms with Crippen LogP contribution in [0.1, 0.15) is 12.0 Å². The van der Waals surface area contributed by atoms with Crippen molar-refractivity contribution in [3.05, 3.63) is 58.6 Å². The molecule has 2 rings (SSSR count). The number of ether oxygens (including phenoxy) is 1. The Morgan fingerprint density at radius 3 is 2.68 bits per heavy atom. The lowest BCUT2D eigenvalue weighted by Crippen LogP contribution is -2.30. The van der Waals surface area contributed by atoms with Crippen molar-refractivity contribution < 1.29 is 9.53 Å². The van der Waals surface area contributed by atoms with Gasteiger partial charge in [-0.15, -0.1) is 0 Å². The molecule has 2 N–H and O–H groups in total. The maximum atomic E-state index is 11.8. The molecule has 22 heavy (non-hydrogen) atoms. The van der Waals surface area contributed by atoms with E-state index < -0.39 is 0 Å². The number of rotatable bonds is 6. The average molecular weight is 363 g/mol. The summed E-state index contributed by atoms with van der Waals surface area (Å²) in [4.78, 5) is 11.8. The average Bonchev–Trinajstić information content (AvgIpc) is 2.52. The fraction of sp³-hybridized carbons (Fsp3) is 0.235. The lowest BCUT2D eigenvalue weighted by atomic mass is 10.2. The van der Waals surface area contributed by atoms with Crippen molar-refractivity contribution in [2.45, 2.75) is 13.3 Å². The van der Waals surface area contributed by atoms with Crippen LogP contribution in [0, 0.1) is 6.92 Å².